The monoisotopic (exact) mass is 297 g/mol. The van der Waals surface area contributed by atoms with E-state index in [2.05, 4.69) is 31.0 Å². The van der Waals surface area contributed by atoms with Gasteiger partial charge in [-0.15, -0.1) is 0 Å². The summed E-state index contributed by atoms with van der Waals surface area (Å²) in [4.78, 5) is 14.4. The van der Waals surface area contributed by atoms with Gasteiger partial charge in [-0.3, -0.25) is 4.79 Å². The molecule has 0 aliphatic carbocycles. The van der Waals surface area contributed by atoms with E-state index in [1.807, 2.05) is 0 Å². The highest BCUT2D eigenvalue weighted by molar-refractivity contribution is 5.75. The number of amides is 1. The Labute approximate surface area is 130 Å². The predicted octanol–water partition coefficient (Wildman–Crippen LogP) is 2.38. The van der Waals surface area contributed by atoms with Gasteiger partial charge in [-0.1, -0.05) is 27.2 Å². The van der Waals surface area contributed by atoms with E-state index in [0.717, 1.165) is 25.9 Å². The molecule has 0 bridgehead atoms. The van der Waals surface area contributed by atoms with Crippen LogP contribution in [0.4, 0.5) is 0 Å². The molecule has 1 rings (SSSR count). The molecule has 0 aromatic carbocycles. The van der Waals surface area contributed by atoms with Crippen molar-refractivity contribution in [3.63, 3.8) is 0 Å². The van der Waals surface area contributed by atoms with Gasteiger partial charge in [0.2, 0.25) is 5.91 Å². The highest BCUT2D eigenvalue weighted by Crippen LogP contribution is 2.31. The summed E-state index contributed by atoms with van der Waals surface area (Å²) in [6, 6.07) is 0. The Kier molecular flexibility index (Phi) is 8.27. The summed E-state index contributed by atoms with van der Waals surface area (Å²) in [5, 5.41) is 3.07. The lowest BCUT2D eigenvalue weighted by atomic mass is 9.76. The quantitative estimate of drug-likeness (QED) is 0.723. The van der Waals surface area contributed by atoms with E-state index in [1.54, 1.807) is 0 Å². The molecule has 0 aromatic rings. The summed E-state index contributed by atoms with van der Waals surface area (Å²) in [6.07, 6.45) is 6.54. The van der Waals surface area contributed by atoms with Gasteiger partial charge in [0.1, 0.15) is 0 Å². The summed E-state index contributed by atoms with van der Waals surface area (Å²) < 4.78 is 0. The number of nitrogens with one attached hydrogen (secondary N) is 1. The van der Waals surface area contributed by atoms with Crippen molar-refractivity contribution < 1.29 is 4.79 Å². The zero-order valence-electron chi connectivity index (χ0n) is 14.3. The minimum atomic E-state index is 0.193. The van der Waals surface area contributed by atoms with Crippen molar-refractivity contribution in [1.29, 1.82) is 0 Å². The molecule has 4 heteroatoms. The molecule has 1 aliphatic heterocycles. The fourth-order valence-corrected chi connectivity index (χ4v) is 3.14. The van der Waals surface area contributed by atoms with Gasteiger partial charge in [-0.25, -0.2) is 0 Å². The second-order valence-electron chi connectivity index (χ2n) is 7.43. The van der Waals surface area contributed by atoms with Crippen LogP contribution in [0.2, 0.25) is 0 Å². The largest absolute Gasteiger partial charge is 0.355 e. The molecule has 1 heterocycles. The Bertz CT molecular complexity index is 293. The first-order valence-corrected chi connectivity index (χ1v) is 8.62. The van der Waals surface area contributed by atoms with Crippen molar-refractivity contribution in [3.8, 4) is 0 Å². The van der Waals surface area contributed by atoms with Crippen molar-refractivity contribution in [2.45, 2.75) is 59.3 Å². The number of piperidine rings is 1. The third-order valence-electron chi connectivity index (χ3n) is 4.66. The van der Waals surface area contributed by atoms with Crippen molar-refractivity contribution in [2.24, 2.45) is 17.1 Å². The number of rotatable bonds is 8. The van der Waals surface area contributed by atoms with Crippen molar-refractivity contribution in [2.75, 3.05) is 32.7 Å². The van der Waals surface area contributed by atoms with Crippen molar-refractivity contribution in [1.82, 2.24) is 10.2 Å². The fourth-order valence-electron chi connectivity index (χ4n) is 3.14. The van der Waals surface area contributed by atoms with Crippen LogP contribution in [0.25, 0.3) is 0 Å². The molecule has 0 saturated carbocycles. The highest BCUT2D eigenvalue weighted by atomic mass is 16.1. The molecule has 124 valence electrons. The number of carbonyl (C=O) groups excluding carboxylic acids is 1. The van der Waals surface area contributed by atoms with E-state index >= 15 is 0 Å². The summed E-state index contributed by atoms with van der Waals surface area (Å²) in [7, 11) is 0. The molecule has 1 atom stereocenters. The number of hydrogen-bond donors (Lipinski definition) is 2. The first kappa shape index (κ1) is 18.4. The van der Waals surface area contributed by atoms with E-state index in [1.165, 1.54) is 32.4 Å². The molecule has 1 fully saturated rings. The number of hydrogen-bond acceptors (Lipinski definition) is 3. The number of nitrogens with two attached hydrogens (primary N) is 1. The molecule has 0 radical (unpaired) electrons. The van der Waals surface area contributed by atoms with Crippen LogP contribution in [-0.2, 0) is 4.79 Å². The van der Waals surface area contributed by atoms with Crippen LogP contribution < -0.4 is 11.1 Å². The summed E-state index contributed by atoms with van der Waals surface area (Å²) in [6.45, 7) is 11.6. The summed E-state index contributed by atoms with van der Waals surface area (Å²) in [5.41, 5.74) is 5.92. The van der Waals surface area contributed by atoms with Gasteiger partial charge in [-0.2, -0.15) is 0 Å². The number of nitrogens with zero attached hydrogens (tertiary/aromatic N) is 1. The van der Waals surface area contributed by atoms with Crippen LogP contribution in [0.5, 0.6) is 0 Å². The highest BCUT2D eigenvalue weighted by Gasteiger charge is 2.24. The van der Waals surface area contributed by atoms with E-state index < -0.39 is 0 Å². The second-order valence-corrected chi connectivity index (χ2v) is 7.43. The van der Waals surface area contributed by atoms with Gasteiger partial charge < -0.3 is 16.0 Å². The van der Waals surface area contributed by atoms with Gasteiger partial charge in [-0.05, 0) is 56.7 Å². The molecule has 0 spiro atoms. The molecule has 1 saturated heterocycles. The van der Waals surface area contributed by atoms with Crippen LogP contribution >= 0.6 is 0 Å². The SMILES string of the molecule is CC(C)(C)C(CCN)CCC(=O)NCCN1CCCCC1. The molecule has 1 aliphatic rings. The van der Waals surface area contributed by atoms with E-state index in [-0.39, 0.29) is 11.3 Å². The van der Waals surface area contributed by atoms with Gasteiger partial charge >= 0.3 is 0 Å². The maximum atomic E-state index is 12.0. The van der Waals surface area contributed by atoms with Crippen LogP contribution in [0.15, 0.2) is 0 Å². The lowest BCUT2D eigenvalue weighted by Gasteiger charge is -2.30. The average Bonchev–Trinajstić information content (AvgIpc) is 2.43. The molecular formula is C17H35N3O. The Morgan fingerprint density at radius 2 is 1.86 bits per heavy atom. The lowest BCUT2D eigenvalue weighted by molar-refractivity contribution is -0.121. The Morgan fingerprint density at radius 1 is 1.19 bits per heavy atom. The first-order chi connectivity index (χ1) is 9.93. The Balaban J connectivity index is 2.17. The smallest absolute Gasteiger partial charge is 0.220 e. The normalized spacial score (nSPS) is 18.5. The molecular weight excluding hydrogens is 262 g/mol. The molecule has 21 heavy (non-hydrogen) atoms. The van der Waals surface area contributed by atoms with Crippen molar-refractivity contribution in [3.05, 3.63) is 0 Å². The van der Waals surface area contributed by atoms with Crippen LogP contribution in [0.1, 0.15) is 59.3 Å². The summed E-state index contributed by atoms with van der Waals surface area (Å²) in [5.74, 6) is 0.716. The zero-order valence-corrected chi connectivity index (χ0v) is 14.3. The van der Waals surface area contributed by atoms with Gasteiger partial charge in [0.05, 0.1) is 0 Å². The third kappa shape index (κ3) is 7.82. The van der Waals surface area contributed by atoms with Gasteiger partial charge in [0.25, 0.3) is 0 Å². The Hall–Kier alpha value is -0.610. The molecule has 1 unspecified atom stereocenters. The van der Waals surface area contributed by atoms with E-state index in [9.17, 15) is 4.79 Å². The van der Waals surface area contributed by atoms with Crippen LogP contribution in [-0.4, -0.2) is 43.5 Å². The third-order valence-corrected chi connectivity index (χ3v) is 4.66. The topological polar surface area (TPSA) is 58.4 Å². The standard InChI is InChI=1S/C17H35N3O/c1-17(2,3)15(9-10-18)7-8-16(21)19-11-14-20-12-5-4-6-13-20/h15H,4-14,18H2,1-3H3,(H,19,21). The molecule has 4 nitrogen and oxygen atoms in total. The Morgan fingerprint density at radius 3 is 2.43 bits per heavy atom. The van der Waals surface area contributed by atoms with Crippen LogP contribution in [0, 0.1) is 11.3 Å². The van der Waals surface area contributed by atoms with E-state index in [4.69, 9.17) is 5.73 Å². The minimum absolute atomic E-state index is 0.193. The van der Waals surface area contributed by atoms with Gasteiger partial charge in [0.15, 0.2) is 0 Å². The summed E-state index contributed by atoms with van der Waals surface area (Å²) >= 11 is 0. The average molecular weight is 297 g/mol. The first-order valence-electron chi connectivity index (χ1n) is 8.62. The van der Waals surface area contributed by atoms with Gasteiger partial charge in [0, 0.05) is 19.5 Å². The fraction of sp³-hybridized carbons (Fsp3) is 0.941. The number of carbonyl (C=O) groups is 1. The predicted molar refractivity (Wildman–Crippen MR) is 89.2 cm³/mol. The van der Waals surface area contributed by atoms with Crippen LogP contribution in [0.3, 0.4) is 0 Å². The minimum Gasteiger partial charge on any atom is -0.355 e. The zero-order chi connectivity index (χ0) is 15.7. The lowest BCUT2D eigenvalue weighted by Crippen LogP contribution is -2.37. The molecule has 0 aromatic heterocycles. The maximum absolute atomic E-state index is 12.0. The molecule has 3 N–H and O–H groups in total. The van der Waals surface area contributed by atoms with Crippen molar-refractivity contribution >= 4 is 5.91 Å². The number of likely N-dealkylation sites (tertiary alicyclic amines) is 1. The van der Waals surface area contributed by atoms with E-state index in [0.29, 0.717) is 18.9 Å². The molecule has 1 amide bonds. The maximum Gasteiger partial charge on any atom is 0.220 e. The second kappa shape index (κ2) is 9.42.